The van der Waals surface area contributed by atoms with Crippen molar-refractivity contribution in [1.82, 2.24) is 15.1 Å². The first kappa shape index (κ1) is 22.0. The van der Waals surface area contributed by atoms with Gasteiger partial charge in [-0.1, -0.05) is 42.5 Å². The maximum Gasteiger partial charge on any atom is 0.257 e. The van der Waals surface area contributed by atoms with Crippen LogP contribution in [-0.4, -0.2) is 59.9 Å². The van der Waals surface area contributed by atoms with Crippen molar-refractivity contribution in [2.45, 2.75) is 38.4 Å². The summed E-state index contributed by atoms with van der Waals surface area (Å²) in [5.41, 5.74) is 1.69. The first-order valence-corrected chi connectivity index (χ1v) is 11.1. The molecular weight excluding hydrogens is 404 g/mol. The Kier molecular flexibility index (Phi) is 6.28. The molecule has 1 atom stereocenters. The van der Waals surface area contributed by atoms with Crippen LogP contribution in [0.5, 0.6) is 0 Å². The van der Waals surface area contributed by atoms with E-state index in [1.807, 2.05) is 44.3 Å². The van der Waals surface area contributed by atoms with Gasteiger partial charge in [0.1, 0.15) is 5.66 Å². The van der Waals surface area contributed by atoms with Crippen molar-refractivity contribution < 1.29 is 14.4 Å². The number of fused-ring (bicyclic) bond motifs is 3. The number of anilines is 1. The Bertz CT molecular complexity index is 1010. The van der Waals surface area contributed by atoms with Gasteiger partial charge in [-0.15, -0.1) is 0 Å². The molecule has 1 N–H and O–H groups in total. The number of para-hydroxylation sites is 1. The summed E-state index contributed by atoms with van der Waals surface area (Å²) in [6, 6.07) is 17.4. The Labute approximate surface area is 189 Å². The van der Waals surface area contributed by atoms with E-state index in [0.717, 1.165) is 13.1 Å². The van der Waals surface area contributed by atoms with Gasteiger partial charge in [-0.05, 0) is 38.1 Å². The van der Waals surface area contributed by atoms with Crippen molar-refractivity contribution in [2.75, 3.05) is 31.6 Å². The summed E-state index contributed by atoms with van der Waals surface area (Å²) in [6.45, 7) is 4.29. The van der Waals surface area contributed by atoms with Gasteiger partial charge in [-0.2, -0.15) is 0 Å². The van der Waals surface area contributed by atoms with Gasteiger partial charge in [-0.25, -0.2) is 0 Å². The highest BCUT2D eigenvalue weighted by molar-refractivity contribution is 6.10. The Morgan fingerprint density at radius 3 is 2.59 bits per heavy atom. The molecule has 1 unspecified atom stereocenters. The Hall–Kier alpha value is -3.19. The first-order valence-electron chi connectivity index (χ1n) is 11.1. The first-order chi connectivity index (χ1) is 15.4. The van der Waals surface area contributed by atoms with Crippen LogP contribution in [0.2, 0.25) is 0 Å². The molecule has 0 aliphatic carbocycles. The summed E-state index contributed by atoms with van der Waals surface area (Å²) in [7, 11) is 2.02. The molecule has 2 aromatic rings. The summed E-state index contributed by atoms with van der Waals surface area (Å²) in [4.78, 5) is 43.9. The van der Waals surface area contributed by atoms with E-state index in [2.05, 4.69) is 22.3 Å². The van der Waals surface area contributed by atoms with Crippen LogP contribution in [0.4, 0.5) is 5.69 Å². The average Bonchev–Trinajstić information content (AvgIpc) is 3.09. The fourth-order valence-corrected chi connectivity index (χ4v) is 4.70. The maximum absolute atomic E-state index is 13.2. The van der Waals surface area contributed by atoms with Gasteiger partial charge in [0.05, 0.1) is 11.3 Å². The van der Waals surface area contributed by atoms with Crippen molar-refractivity contribution >= 4 is 23.4 Å². The molecule has 0 radical (unpaired) electrons. The largest absolute Gasteiger partial charge is 0.355 e. The quantitative estimate of drug-likeness (QED) is 0.693. The van der Waals surface area contributed by atoms with Crippen molar-refractivity contribution in [3.8, 4) is 0 Å². The van der Waals surface area contributed by atoms with Crippen molar-refractivity contribution in [3.63, 3.8) is 0 Å². The lowest BCUT2D eigenvalue weighted by Crippen LogP contribution is -2.62. The van der Waals surface area contributed by atoms with E-state index in [0.29, 0.717) is 30.6 Å². The lowest BCUT2D eigenvalue weighted by atomic mass is 9.98. The fourth-order valence-electron chi connectivity index (χ4n) is 4.70. The van der Waals surface area contributed by atoms with Crippen LogP contribution >= 0.6 is 0 Å². The highest BCUT2D eigenvalue weighted by Gasteiger charge is 2.52. The number of benzene rings is 2. The SMILES string of the molecule is CN(CCNC(=O)CCN1C(=O)c2ccccc2N2C(=O)CCC12C)Cc1ccccc1. The number of carbonyl (C=O) groups excluding carboxylic acids is 3. The molecule has 4 rings (SSSR count). The zero-order valence-electron chi connectivity index (χ0n) is 18.7. The predicted octanol–water partition coefficient (Wildman–Crippen LogP) is 2.62. The van der Waals surface area contributed by atoms with E-state index in [4.69, 9.17) is 0 Å². The van der Waals surface area contributed by atoms with Crippen LogP contribution in [0.3, 0.4) is 0 Å². The second kappa shape index (κ2) is 9.12. The van der Waals surface area contributed by atoms with E-state index in [1.165, 1.54) is 5.56 Å². The summed E-state index contributed by atoms with van der Waals surface area (Å²) in [5.74, 6) is -0.197. The molecule has 7 nitrogen and oxygen atoms in total. The van der Waals surface area contributed by atoms with Crippen LogP contribution in [0, 0.1) is 0 Å². The number of hydrogen-bond acceptors (Lipinski definition) is 4. The average molecular weight is 435 g/mol. The molecule has 7 heteroatoms. The van der Waals surface area contributed by atoms with Gasteiger partial charge in [0.15, 0.2) is 0 Å². The third kappa shape index (κ3) is 4.25. The summed E-state index contributed by atoms with van der Waals surface area (Å²) < 4.78 is 0. The molecular formula is C25H30N4O3. The van der Waals surface area contributed by atoms with Crippen molar-refractivity contribution in [1.29, 1.82) is 0 Å². The lowest BCUT2D eigenvalue weighted by Gasteiger charge is -2.48. The molecule has 2 aromatic carbocycles. The normalized spacial score (nSPS) is 19.8. The molecule has 3 amide bonds. The molecule has 2 heterocycles. The second-order valence-corrected chi connectivity index (χ2v) is 8.74. The third-order valence-electron chi connectivity index (χ3n) is 6.42. The van der Waals surface area contributed by atoms with Crippen LogP contribution in [0.25, 0.3) is 0 Å². The summed E-state index contributed by atoms with van der Waals surface area (Å²) >= 11 is 0. The molecule has 168 valence electrons. The Morgan fingerprint density at radius 1 is 1.09 bits per heavy atom. The Balaban J connectivity index is 1.32. The molecule has 2 aliphatic heterocycles. The van der Waals surface area contributed by atoms with Gasteiger partial charge < -0.3 is 15.1 Å². The number of likely N-dealkylation sites (N-methyl/N-ethyl adjacent to an activating group) is 1. The third-order valence-corrected chi connectivity index (χ3v) is 6.42. The molecule has 1 fully saturated rings. The maximum atomic E-state index is 13.2. The molecule has 0 saturated carbocycles. The molecule has 2 aliphatic rings. The van der Waals surface area contributed by atoms with Crippen molar-refractivity contribution in [2.24, 2.45) is 0 Å². The minimum Gasteiger partial charge on any atom is -0.355 e. The number of rotatable bonds is 8. The summed E-state index contributed by atoms with van der Waals surface area (Å²) in [5, 5.41) is 2.95. The van der Waals surface area contributed by atoms with E-state index in [9.17, 15) is 14.4 Å². The van der Waals surface area contributed by atoms with Crippen LogP contribution in [0.1, 0.15) is 42.1 Å². The predicted molar refractivity (Wildman–Crippen MR) is 123 cm³/mol. The zero-order valence-corrected chi connectivity index (χ0v) is 18.7. The van der Waals surface area contributed by atoms with Crippen LogP contribution in [-0.2, 0) is 16.1 Å². The van der Waals surface area contributed by atoms with Gasteiger partial charge >= 0.3 is 0 Å². The molecule has 0 bridgehead atoms. The van der Waals surface area contributed by atoms with Gasteiger partial charge in [0.2, 0.25) is 11.8 Å². The van der Waals surface area contributed by atoms with Gasteiger partial charge in [0.25, 0.3) is 5.91 Å². The van der Waals surface area contributed by atoms with E-state index in [-0.39, 0.29) is 30.7 Å². The molecule has 0 spiro atoms. The number of carbonyl (C=O) groups is 3. The molecule has 0 aromatic heterocycles. The van der Waals surface area contributed by atoms with Crippen LogP contribution in [0.15, 0.2) is 54.6 Å². The molecule has 32 heavy (non-hydrogen) atoms. The number of nitrogens with zero attached hydrogens (tertiary/aromatic N) is 3. The highest BCUT2D eigenvalue weighted by Crippen LogP contribution is 2.43. The van der Waals surface area contributed by atoms with Gasteiger partial charge in [0, 0.05) is 39.0 Å². The second-order valence-electron chi connectivity index (χ2n) is 8.74. The van der Waals surface area contributed by atoms with Crippen LogP contribution < -0.4 is 10.2 Å². The van der Waals surface area contributed by atoms with Crippen molar-refractivity contribution in [3.05, 3.63) is 65.7 Å². The minimum atomic E-state index is -0.724. The smallest absolute Gasteiger partial charge is 0.257 e. The fraction of sp³-hybridized carbons (Fsp3) is 0.400. The van der Waals surface area contributed by atoms with E-state index >= 15 is 0 Å². The lowest BCUT2D eigenvalue weighted by molar-refractivity contribution is -0.121. The highest BCUT2D eigenvalue weighted by atomic mass is 16.2. The standard InChI is InChI=1S/C25H30N4O3/c1-25-14-12-23(31)29(25)21-11-7-6-10-20(21)24(32)28(25)16-13-22(30)26-15-17-27(2)18-19-8-4-3-5-9-19/h3-11H,12-18H2,1-2H3,(H,26,30). The molecule has 1 saturated heterocycles. The number of amides is 3. The Morgan fingerprint density at radius 2 is 1.81 bits per heavy atom. The van der Waals surface area contributed by atoms with Gasteiger partial charge in [-0.3, -0.25) is 19.3 Å². The minimum absolute atomic E-state index is 0.0170. The number of hydrogen-bond donors (Lipinski definition) is 1. The topological polar surface area (TPSA) is 73.0 Å². The van der Waals surface area contributed by atoms with E-state index < -0.39 is 5.66 Å². The zero-order chi connectivity index (χ0) is 22.7. The number of nitrogens with one attached hydrogen (secondary N) is 1. The monoisotopic (exact) mass is 434 g/mol. The summed E-state index contributed by atoms with van der Waals surface area (Å²) in [6.07, 6.45) is 1.17. The van der Waals surface area contributed by atoms with E-state index in [1.54, 1.807) is 21.9 Å².